The van der Waals surface area contributed by atoms with Crippen molar-refractivity contribution in [3.05, 3.63) is 29.8 Å². The Morgan fingerprint density at radius 1 is 1.05 bits per heavy atom. The van der Waals surface area contributed by atoms with Gasteiger partial charge in [0.2, 0.25) is 5.91 Å². The molecule has 5 heteroatoms. The minimum atomic E-state index is -1.42. The average Bonchev–Trinajstić information content (AvgIpc) is 2.48. The number of carbonyl (C=O) groups is 2. The lowest BCUT2D eigenvalue weighted by Crippen LogP contribution is -2.46. The van der Waals surface area contributed by atoms with E-state index in [1.54, 1.807) is 24.3 Å². The van der Waals surface area contributed by atoms with Gasteiger partial charge in [0.25, 0.3) is 0 Å². The first-order chi connectivity index (χ1) is 9.68. The average molecular weight is 291 g/mol. The first-order valence-electron chi connectivity index (χ1n) is 7.02. The van der Waals surface area contributed by atoms with Gasteiger partial charge < -0.3 is 5.32 Å². The summed E-state index contributed by atoms with van der Waals surface area (Å²) in [6, 6.07) is 6.91. The highest BCUT2D eigenvalue weighted by Crippen LogP contribution is 2.29. The third-order valence-corrected chi connectivity index (χ3v) is 6.06. The maximum Gasteiger partial charge on any atom is 0.248 e. The van der Waals surface area contributed by atoms with Crippen LogP contribution in [0.5, 0.6) is 0 Å². The summed E-state index contributed by atoms with van der Waals surface area (Å²) in [5, 5.41) is 1.65. The molecule has 106 valence electrons. The minimum absolute atomic E-state index is 0.0197. The van der Waals surface area contributed by atoms with Crippen molar-refractivity contribution in [3.8, 4) is 0 Å². The number of carbonyl (C=O) groups excluding carboxylic acids is 2. The quantitative estimate of drug-likeness (QED) is 0.850. The molecule has 0 saturated heterocycles. The van der Waals surface area contributed by atoms with Gasteiger partial charge >= 0.3 is 0 Å². The summed E-state index contributed by atoms with van der Waals surface area (Å²) in [7, 11) is -1.42. The zero-order chi connectivity index (χ0) is 14.1. The Bertz CT molecular complexity index is 578. The highest BCUT2D eigenvalue weighted by molar-refractivity contribution is 7.88. The standard InChI is InChI=1S/C15H17NO3S/c17-13-11-8-4-5-9-12(11)16-15(18)14(13)20(19)10-6-2-1-3-7-10/h4-5,8-10,14H,1-3,6-7H2,(H,16,18). The number of ketones is 1. The number of hydrogen-bond acceptors (Lipinski definition) is 3. The van der Waals surface area contributed by atoms with E-state index in [0.29, 0.717) is 11.3 Å². The van der Waals surface area contributed by atoms with Crippen LogP contribution in [0.2, 0.25) is 0 Å². The summed E-state index contributed by atoms with van der Waals surface area (Å²) >= 11 is 0. The molecule has 2 aliphatic rings. The number of nitrogens with one attached hydrogen (secondary N) is 1. The van der Waals surface area contributed by atoms with E-state index in [4.69, 9.17) is 0 Å². The molecule has 3 rings (SSSR count). The van der Waals surface area contributed by atoms with Crippen molar-refractivity contribution in [2.45, 2.75) is 42.6 Å². The van der Waals surface area contributed by atoms with Gasteiger partial charge in [0.15, 0.2) is 11.0 Å². The molecule has 1 amide bonds. The van der Waals surface area contributed by atoms with E-state index in [0.717, 1.165) is 32.1 Å². The molecule has 1 saturated carbocycles. The number of benzene rings is 1. The molecule has 1 heterocycles. The van der Waals surface area contributed by atoms with Crippen LogP contribution in [0.1, 0.15) is 42.5 Å². The predicted octanol–water partition coefficient (Wildman–Crippen LogP) is 2.27. The van der Waals surface area contributed by atoms with Crippen LogP contribution in [0.4, 0.5) is 5.69 Å². The second-order valence-electron chi connectivity index (χ2n) is 5.37. The van der Waals surface area contributed by atoms with Gasteiger partial charge in [0, 0.05) is 21.6 Å². The molecule has 2 atom stereocenters. The Balaban J connectivity index is 1.88. The Morgan fingerprint density at radius 2 is 1.75 bits per heavy atom. The Morgan fingerprint density at radius 3 is 2.50 bits per heavy atom. The summed E-state index contributed by atoms with van der Waals surface area (Å²) in [5.41, 5.74) is 1.00. The number of hydrogen-bond donors (Lipinski definition) is 1. The molecule has 0 radical (unpaired) electrons. The number of amides is 1. The van der Waals surface area contributed by atoms with Crippen LogP contribution < -0.4 is 5.32 Å². The van der Waals surface area contributed by atoms with E-state index in [1.165, 1.54) is 0 Å². The number of rotatable bonds is 2. The highest BCUT2D eigenvalue weighted by Gasteiger charge is 2.41. The Labute approximate surface area is 120 Å². The van der Waals surface area contributed by atoms with Gasteiger partial charge in [-0.05, 0) is 25.0 Å². The first kappa shape index (κ1) is 13.5. The van der Waals surface area contributed by atoms with Crippen LogP contribution >= 0.6 is 0 Å². The molecule has 1 aromatic rings. The maximum absolute atomic E-state index is 12.6. The summed E-state index contributed by atoms with van der Waals surface area (Å²) in [4.78, 5) is 24.6. The molecule has 1 aliphatic carbocycles. The smallest absolute Gasteiger partial charge is 0.248 e. The molecule has 0 spiro atoms. The van der Waals surface area contributed by atoms with Crippen molar-refractivity contribution >= 4 is 28.2 Å². The summed E-state index contributed by atoms with van der Waals surface area (Å²) in [5.74, 6) is -0.717. The normalized spacial score (nSPS) is 24.9. The van der Waals surface area contributed by atoms with Gasteiger partial charge in [0.05, 0.1) is 5.69 Å². The largest absolute Gasteiger partial charge is 0.324 e. The lowest BCUT2D eigenvalue weighted by Gasteiger charge is -2.28. The molecule has 1 fully saturated rings. The SMILES string of the molecule is O=C1Nc2ccccc2C(=O)C1S(=O)C1CCCCC1. The van der Waals surface area contributed by atoms with Crippen LogP contribution in [0.3, 0.4) is 0 Å². The molecule has 2 unspecified atom stereocenters. The summed E-state index contributed by atoms with van der Waals surface area (Å²) in [6.45, 7) is 0. The molecule has 1 aromatic carbocycles. The summed E-state index contributed by atoms with van der Waals surface area (Å²) < 4.78 is 12.6. The molecule has 20 heavy (non-hydrogen) atoms. The van der Waals surface area contributed by atoms with Crippen LogP contribution in [0.25, 0.3) is 0 Å². The molecule has 0 bridgehead atoms. The van der Waals surface area contributed by atoms with Gasteiger partial charge in [0.1, 0.15) is 0 Å². The van der Waals surface area contributed by atoms with Crippen LogP contribution in [0, 0.1) is 0 Å². The van der Waals surface area contributed by atoms with Gasteiger partial charge in [-0.2, -0.15) is 0 Å². The van der Waals surface area contributed by atoms with E-state index in [1.807, 2.05) is 0 Å². The Hall–Kier alpha value is -1.49. The van der Waals surface area contributed by atoms with Crippen LogP contribution in [0.15, 0.2) is 24.3 Å². The van der Waals surface area contributed by atoms with Crippen molar-refractivity contribution in [1.82, 2.24) is 0 Å². The number of fused-ring (bicyclic) bond motifs is 1. The lowest BCUT2D eigenvalue weighted by atomic mass is 10.0. The van der Waals surface area contributed by atoms with Crippen LogP contribution in [-0.4, -0.2) is 26.4 Å². The maximum atomic E-state index is 12.6. The predicted molar refractivity (Wildman–Crippen MR) is 78.2 cm³/mol. The van der Waals surface area contributed by atoms with E-state index >= 15 is 0 Å². The number of para-hydroxylation sites is 1. The fourth-order valence-corrected chi connectivity index (χ4v) is 4.76. The van der Waals surface area contributed by atoms with E-state index < -0.39 is 22.0 Å². The molecule has 0 aromatic heterocycles. The monoisotopic (exact) mass is 291 g/mol. The highest BCUT2D eigenvalue weighted by atomic mass is 32.2. The summed E-state index contributed by atoms with van der Waals surface area (Å²) in [6.07, 6.45) is 4.93. The lowest BCUT2D eigenvalue weighted by molar-refractivity contribution is -0.115. The molecule has 1 aliphatic heterocycles. The second-order valence-corrected chi connectivity index (χ2v) is 7.16. The Kier molecular flexibility index (Phi) is 3.70. The number of anilines is 1. The fourth-order valence-electron chi connectivity index (χ4n) is 2.97. The van der Waals surface area contributed by atoms with E-state index in [9.17, 15) is 13.8 Å². The molecular formula is C15H17NO3S. The molecule has 4 nitrogen and oxygen atoms in total. The molecular weight excluding hydrogens is 274 g/mol. The second kappa shape index (κ2) is 5.48. The zero-order valence-corrected chi connectivity index (χ0v) is 11.9. The van der Waals surface area contributed by atoms with Gasteiger partial charge in [-0.1, -0.05) is 31.4 Å². The third-order valence-electron chi connectivity index (χ3n) is 4.04. The van der Waals surface area contributed by atoms with Crippen molar-refractivity contribution in [2.75, 3.05) is 5.32 Å². The zero-order valence-electron chi connectivity index (χ0n) is 11.1. The van der Waals surface area contributed by atoms with Crippen molar-refractivity contribution < 1.29 is 13.8 Å². The van der Waals surface area contributed by atoms with E-state index in [2.05, 4.69) is 5.32 Å². The number of Topliss-reactive ketones (excluding diaryl/α,β-unsaturated/α-hetero) is 1. The van der Waals surface area contributed by atoms with Gasteiger partial charge in [-0.15, -0.1) is 0 Å². The van der Waals surface area contributed by atoms with Crippen molar-refractivity contribution in [1.29, 1.82) is 0 Å². The van der Waals surface area contributed by atoms with E-state index in [-0.39, 0.29) is 11.0 Å². The van der Waals surface area contributed by atoms with Crippen molar-refractivity contribution in [2.24, 2.45) is 0 Å². The topological polar surface area (TPSA) is 63.2 Å². The molecule has 1 N–H and O–H groups in total. The van der Waals surface area contributed by atoms with Gasteiger partial charge in [-0.3, -0.25) is 13.8 Å². The fraction of sp³-hybridized carbons (Fsp3) is 0.467. The first-order valence-corrected chi connectivity index (χ1v) is 8.29. The third kappa shape index (κ3) is 2.30. The van der Waals surface area contributed by atoms with Gasteiger partial charge in [-0.25, -0.2) is 0 Å². The van der Waals surface area contributed by atoms with Crippen LogP contribution in [-0.2, 0) is 15.6 Å². The van der Waals surface area contributed by atoms with Crippen molar-refractivity contribution in [3.63, 3.8) is 0 Å². The minimum Gasteiger partial charge on any atom is -0.324 e.